The number of hydrogen-bond acceptors (Lipinski definition) is 1. The van der Waals surface area contributed by atoms with Gasteiger partial charge >= 0.3 is 0 Å². The maximum absolute atomic E-state index is 13.7. The third-order valence-corrected chi connectivity index (χ3v) is 3.89. The lowest BCUT2D eigenvalue weighted by Gasteiger charge is -2.17. The van der Waals surface area contributed by atoms with Crippen molar-refractivity contribution in [2.45, 2.75) is 13.0 Å². The van der Waals surface area contributed by atoms with Crippen LogP contribution in [0, 0.1) is 11.6 Å². The molecule has 19 heavy (non-hydrogen) atoms. The zero-order chi connectivity index (χ0) is 14.0. The Hall–Kier alpha value is -0.940. The van der Waals surface area contributed by atoms with Crippen LogP contribution < -0.4 is 5.32 Å². The van der Waals surface area contributed by atoms with E-state index in [1.54, 1.807) is 0 Å². The minimum Gasteiger partial charge on any atom is -0.375 e. The molecule has 0 amide bonds. The van der Waals surface area contributed by atoms with E-state index < -0.39 is 11.6 Å². The molecule has 2 rings (SSSR count). The Morgan fingerprint density at radius 3 is 2.26 bits per heavy atom. The van der Waals surface area contributed by atoms with Gasteiger partial charge in [0.05, 0.1) is 5.69 Å². The van der Waals surface area contributed by atoms with E-state index in [0.29, 0.717) is 4.47 Å². The van der Waals surface area contributed by atoms with Crippen molar-refractivity contribution in [3.63, 3.8) is 0 Å². The molecular formula is C14H11Br2F2N. The van der Waals surface area contributed by atoms with Crippen LogP contribution in [0.3, 0.4) is 0 Å². The second-order valence-corrected chi connectivity index (χ2v) is 5.93. The molecule has 2 aromatic rings. The first-order valence-electron chi connectivity index (χ1n) is 5.64. The van der Waals surface area contributed by atoms with Gasteiger partial charge in [-0.1, -0.05) is 28.1 Å². The molecule has 0 heterocycles. The lowest BCUT2D eigenvalue weighted by atomic mass is 10.1. The number of benzene rings is 2. The van der Waals surface area contributed by atoms with E-state index in [4.69, 9.17) is 0 Å². The fraction of sp³-hybridized carbons (Fsp3) is 0.143. The first kappa shape index (κ1) is 14.5. The number of halogens is 4. The van der Waals surface area contributed by atoms with Crippen LogP contribution in [0.25, 0.3) is 0 Å². The maximum atomic E-state index is 13.7. The fourth-order valence-electron chi connectivity index (χ4n) is 1.73. The summed E-state index contributed by atoms with van der Waals surface area (Å²) in [5.74, 6) is -1.22. The molecule has 1 nitrogen and oxygen atoms in total. The predicted octanol–water partition coefficient (Wildman–Crippen LogP) is 5.66. The Bertz CT molecular complexity index is 561. The molecule has 0 bridgehead atoms. The molecule has 2 aromatic carbocycles. The number of anilines is 1. The van der Waals surface area contributed by atoms with Crippen molar-refractivity contribution in [1.82, 2.24) is 0 Å². The van der Waals surface area contributed by atoms with E-state index in [1.807, 2.05) is 31.2 Å². The molecule has 0 aromatic heterocycles. The van der Waals surface area contributed by atoms with Crippen molar-refractivity contribution >= 4 is 37.5 Å². The monoisotopic (exact) mass is 389 g/mol. The fourth-order valence-corrected chi connectivity index (χ4v) is 2.52. The van der Waals surface area contributed by atoms with Gasteiger partial charge in [0.25, 0.3) is 0 Å². The van der Waals surface area contributed by atoms with Gasteiger partial charge in [-0.05, 0) is 46.6 Å². The molecule has 0 aliphatic heterocycles. The highest BCUT2D eigenvalue weighted by Crippen LogP contribution is 2.30. The topological polar surface area (TPSA) is 12.0 Å². The van der Waals surface area contributed by atoms with Gasteiger partial charge in [-0.2, -0.15) is 0 Å². The van der Waals surface area contributed by atoms with Gasteiger partial charge in [-0.15, -0.1) is 0 Å². The molecule has 0 saturated heterocycles. The van der Waals surface area contributed by atoms with Crippen LogP contribution >= 0.6 is 31.9 Å². The van der Waals surface area contributed by atoms with Crippen LogP contribution in [0.15, 0.2) is 45.3 Å². The summed E-state index contributed by atoms with van der Waals surface area (Å²) in [4.78, 5) is 0. The van der Waals surface area contributed by atoms with Crippen molar-refractivity contribution in [3.05, 3.63) is 62.5 Å². The first-order chi connectivity index (χ1) is 8.97. The number of hydrogen-bond donors (Lipinski definition) is 1. The summed E-state index contributed by atoms with van der Waals surface area (Å²) in [6.07, 6.45) is 0. The van der Waals surface area contributed by atoms with E-state index >= 15 is 0 Å². The molecule has 0 aliphatic rings. The molecule has 0 saturated carbocycles. The highest BCUT2D eigenvalue weighted by Gasteiger charge is 2.13. The Morgan fingerprint density at radius 1 is 1.05 bits per heavy atom. The van der Waals surface area contributed by atoms with Gasteiger partial charge < -0.3 is 5.32 Å². The van der Waals surface area contributed by atoms with Crippen LogP contribution in [0.2, 0.25) is 0 Å². The van der Waals surface area contributed by atoms with Gasteiger partial charge in [0.2, 0.25) is 0 Å². The van der Waals surface area contributed by atoms with Gasteiger partial charge in [-0.3, -0.25) is 0 Å². The van der Waals surface area contributed by atoms with Gasteiger partial charge in [0.15, 0.2) is 0 Å². The smallest absolute Gasteiger partial charge is 0.150 e. The van der Waals surface area contributed by atoms with Crippen molar-refractivity contribution in [3.8, 4) is 0 Å². The molecule has 1 unspecified atom stereocenters. The van der Waals surface area contributed by atoms with Crippen LogP contribution in [0.5, 0.6) is 0 Å². The lowest BCUT2D eigenvalue weighted by molar-refractivity contribution is 0.582. The molecule has 0 radical (unpaired) electrons. The molecule has 0 spiro atoms. The summed E-state index contributed by atoms with van der Waals surface area (Å²) in [5, 5.41) is 3.04. The normalized spacial score (nSPS) is 12.3. The van der Waals surface area contributed by atoms with Gasteiger partial charge in [-0.25, -0.2) is 8.78 Å². The summed E-state index contributed by atoms with van der Waals surface area (Å²) in [7, 11) is 0. The summed E-state index contributed by atoms with van der Waals surface area (Å²) < 4.78 is 28.1. The summed E-state index contributed by atoms with van der Waals surface area (Å²) in [6.45, 7) is 1.92. The van der Waals surface area contributed by atoms with Crippen LogP contribution in [-0.4, -0.2) is 0 Å². The third kappa shape index (κ3) is 3.54. The Balaban J connectivity index is 2.24. The van der Waals surface area contributed by atoms with Gasteiger partial charge in [0, 0.05) is 21.1 Å². The average molecular weight is 391 g/mol. The van der Waals surface area contributed by atoms with Crippen molar-refractivity contribution in [1.29, 1.82) is 0 Å². The highest BCUT2D eigenvalue weighted by atomic mass is 79.9. The third-order valence-electron chi connectivity index (χ3n) is 2.74. The Labute approximate surface area is 127 Å². The van der Waals surface area contributed by atoms with E-state index in [1.165, 1.54) is 6.07 Å². The quantitative estimate of drug-likeness (QED) is 0.712. The standard InChI is InChI=1S/C14H11Br2F2N/c1-8(9-2-4-10(15)5-3-9)19-14-12(16)6-11(17)7-13(14)18/h2-8,19H,1H3. The first-order valence-corrected chi connectivity index (χ1v) is 7.22. The molecule has 1 N–H and O–H groups in total. The lowest BCUT2D eigenvalue weighted by Crippen LogP contribution is -2.08. The van der Waals surface area contributed by atoms with Crippen LogP contribution in [-0.2, 0) is 0 Å². The number of nitrogens with one attached hydrogen (secondary N) is 1. The molecule has 0 fully saturated rings. The molecule has 5 heteroatoms. The average Bonchev–Trinajstić information content (AvgIpc) is 2.34. The van der Waals surface area contributed by atoms with E-state index in [-0.39, 0.29) is 11.7 Å². The van der Waals surface area contributed by atoms with E-state index in [9.17, 15) is 8.78 Å². The molecule has 1 atom stereocenters. The van der Waals surface area contributed by atoms with E-state index in [2.05, 4.69) is 37.2 Å². The van der Waals surface area contributed by atoms with Crippen molar-refractivity contribution in [2.75, 3.05) is 5.32 Å². The zero-order valence-corrected chi connectivity index (χ0v) is 13.2. The molecule has 100 valence electrons. The van der Waals surface area contributed by atoms with Crippen molar-refractivity contribution < 1.29 is 8.78 Å². The predicted molar refractivity (Wildman–Crippen MR) is 80.2 cm³/mol. The largest absolute Gasteiger partial charge is 0.375 e. The second kappa shape index (κ2) is 6.01. The van der Waals surface area contributed by atoms with Crippen LogP contribution in [0.1, 0.15) is 18.5 Å². The van der Waals surface area contributed by atoms with E-state index in [0.717, 1.165) is 16.1 Å². The Kier molecular flexibility index (Phi) is 4.58. The minimum atomic E-state index is -0.615. The SMILES string of the molecule is CC(Nc1c(F)cc(F)cc1Br)c1ccc(Br)cc1. The summed E-state index contributed by atoms with van der Waals surface area (Å²) in [5.41, 5.74) is 1.27. The second-order valence-electron chi connectivity index (χ2n) is 4.16. The maximum Gasteiger partial charge on any atom is 0.150 e. The molecule has 0 aliphatic carbocycles. The van der Waals surface area contributed by atoms with Gasteiger partial charge in [0.1, 0.15) is 11.6 Å². The minimum absolute atomic E-state index is 0.0932. The Morgan fingerprint density at radius 2 is 1.68 bits per heavy atom. The van der Waals surface area contributed by atoms with Crippen LogP contribution in [0.4, 0.5) is 14.5 Å². The van der Waals surface area contributed by atoms with Crippen molar-refractivity contribution in [2.24, 2.45) is 0 Å². The summed E-state index contributed by atoms with van der Waals surface area (Å²) in [6, 6.07) is 9.73. The number of rotatable bonds is 3. The molecular weight excluding hydrogens is 380 g/mol. The zero-order valence-electron chi connectivity index (χ0n) is 10.1. The highest BCUT2D eigenvalue weighted by molar-refractivity contribution is 9.10. The summed E-state index contributed by atoms with van der Waals surface area (Å²) >= 11 is 6.52.